The topological polar surface area (TPSA) is 614 Å². The molecule has 0 aliphatic heterocycles. The fourth-order valence-corrected chi connectivity index (χ4v) is 12.7. The molecule has 1 aromatic heterocycles. The van der Waals surface area contributed by atoms with E-state index in [1.54, 1.807) is 149 Å². The highest BCUT2D eigenvalue weighted by atomic mass is 16.4. The number of unbranched alkanes of at least 4 members (excludes halogenated alkanes) is 2. The molecule has 0 saturated heterocycles. The summed E-state index contributed by atoms with van der Waals surface area (Å²) in [4.78, 5) is 200. The zero-order valence-electron chi connectivity index (χ0n) is 66.1. The summed E-state index contributed by atoms with van der Waals surface area (Å²) < 4.78 is 0. The second-order valence-electron chi connectivity index (χ2n) is 29.2. The van der Waals surface area contributed by atoms with Gasteiger partial charge in [-0.1, -0.05) is 143 Å². The Morgan fingerprint density at radius 1 is 0.431 bits per heavy atom. The Hall–Kier alpha value is -11.9. The summed E-state index contributed by atoms with van der Waals surface area (Å²) in [7, 11) is 0. The first-order valence-corrected chi connectivity index (χ1v) is 38.9. The number of rotatable bonds is 52. The molecule has 12 amide bonds. The van der Waals surface area contributed by atoms with Crippen LogP contribution in [0.2, 0.25) is 0 Å². The molecule has 0 aliphatic carbocycles. The van der Waals surface area contributed by atoms with Gasteiger partial charge in [0.05, 0.1) is 25.0 Å². The van der Waals surface area contributed by atoms with Gasteiger partial charge in [-0.05, 0) is 118 Å². The first kappa shape index (κ1) is 94.7. The lowest BCUT2D eigenvalue weighted by Gasteiger charge is -2.30. The normalized spacial score (nSPS) is 14.8. The number of aromatic nitrogens is 1. The third-order valence-corrected chi connectivity index (χ3v) is 19.2. The largest absolute Gasteiger partial charge is 0.481 e. The van der Waals surface area contributed by atoms with Crippen molar-refractivity contribution in [3.05, 3.63) is 144 Å². The molecular formula is C80H115N19O17. The number of aliphatic hydroxyl groups is 1. The molecule has 0 saturated carbocycles. The van der Waals surface area contributed by atoms with Gasteiger partial charge in [-0.15, -0.1) is 0 Å². The standard InChI is InChI=1S/C80H115N19O17/c1-6-46(4)66(77(113)97-60(39-49-25-12-8-13-26-49)72(108)90-56(33-22-36-87-80(85)86)69(105)91-57(79(115)116)32-19-21-35-82)98-76(112)63(43-65(102)103)95-74(110)62(41-51-44-88-54-30-17-16-29-52(51)54)94-73(109)59(38-48-23-10-7-11-24-48)93-70(106)55(31-18-20-34-81)89-71(107)58(37-45(2)3)96-78(114)67(47(5)100)99-75(111)61(40-50-27-14-9-15-28-50)92-68(104)53(83)42-64(84)101/h7-17,23-30,44-47,53,55-63,66-67,88,100H,6,18-22,31-43,81-83H2,1-5H3,(H2,84,101)(H,89,107)(H,90,108)(H,91,105)(H,92,104)(H,93,106)(H,94,109)(H,95,110)(H,96,114)(H,97,113)(H,98,112)(H,99,111)(H,102,103)(H,115,116)(H4,85,86,87)/t46-,47+,53-,55-,56-,57-,58-,59-,60-,61-,62-,63-,66-,67-/m0/s1. The van der Waals surface area contributed by atoms with E-state index in [1.165, 1.54) is 6.92 Å². The molecule has 0 bridgehead atoms. The molecule has 36 heteroatoms. The number of benzene rings is 4. The Bertz CT molecular complexity index is 4100. The number of fused-ring (bicyclic) bond motifs is 1. The van der Waals surface area contributed by atoms with Crippen LogP contribution in [0.15, 0.2) is 121 Å². The van der Waals surface area contributed by atoms with Gasteiger partial charge in [0.25, 0.3) is 0 Å². The van der Waals surface area contributed by atoms with Crippen molar-refractivity contribution in [3.63, 3.8) is 0 Å². The lowest BCUT2D eigenvalue weighted by Crippen LogP contribution is -2.62. The maximum Gasteiger partial charge on any atom is 0.326 e. The quantitative estimate of drug-likeness (QED) is 0.0120. The molecule has 5 rings (SSSR count). The monoisotopic (exact) mass is 1610 g/mol. The molecule has 1 heterocycles. The van der Waals surface area contributed by atoms with Crippen molar-refractivity contribution < 1.29 is 82.4 Å². The number of primary amides is 1. The molecule has 27 N–H and O–H groups in total. The predicted molar refractivity (Wildman–Crippen MR) is 431 cm³/mol. The van der Waals surface area contributed by atoms with Crippen LogP contribution in [0.4, 0.5) is 0 Å². The molecule has 0 spiro atoms. The molecule has 116 heavy (non-hydrogen) atoms. The third-order valence-electron chi connectivity index (χ3n) is 19.2. The number of aromatic amines is 1. The highest BCUT2D eigenvalue weighted by Crippen LogP contribution is 2.21. The minimum atomic E-state index is -1.98. The van der Waals surface area contributed by atoms with E-state index in [2.05, 4.69) is 68.8 Å². The summed E-state index contributed by atoms with van der Waals surface area (Å²) >= 11 is 0. The van der Waals surface area contributed by atoms with Crippen LogP contribution in [-0.2, 0) is 92.8 Å². The van der Waals surface area contributed by atoms with Gasteiger partial charge in [-0.2, -0.15) is 0 Å². The number of guanidine groups is 1. The zero-order chi connectivity index (χ0) is 85.6. The number of hydrogen-bond acceptors (Lipinski definition) is 19. The number of carboxylic acid groups (broad SMARTS) is 2. The molecule has 632 valence electrons. The van der Waals surface area contributed by atoms with Crippen LogP contribution in [-0.4, -0.2) is 207 Å². The highest BCUT2D eigenvalue weighted by molar-refractivity contribution is 6.01. The van der Waals surface area contributed by atoms with Gasteiger partial charge < -0.3 is 113 Å². The number of hydrogen-bond donors (Lipinski definition) is 22. The number of aliphatic carboxylic acids is 2. The van der Waals surface area contributed by atoms with Crippen LogP contribution < -0.4 is 92.5 Å². The van der Waals surface area contributed by atoms with Crippen LogP contribution >= 0.6 is 0 Å². The predicted octanol–water partition coefficient (Wildman–Crippen LogP) is -1.47. The Morgan fingerprint density at radius 3 is 1.27 bits per heavy atom. The van der Waals surface area contributed by atoms with Crippen LogP contribution in [0, 0.1) is 17.2 Å². The van der Waals surface area contributed by atoms with Gasteiger partial charge >= 0.3 is 11.9 Å². The second-order valence-corrected chi connectivity index (χ2v) is 29.2. The number of H-pyrrole nitrogens is 1. The average Bonchev–Trinajstić information content (AvgIpc) is 1.63. The van der Waals surface area contributed by atoms with Crippen molar-refractivity contribution in [1.82, 2.24) is 68.8 Å². The van der Waals surface area contributed by atoms with Gasteiger partial charge in [-0.25, -0.2) is 4.79 Å². The third kappa shape index (κ3) is 32.5. The number of carbonyl (C=O) groups excluding carboxylic acids is 12. The van der Waals surface area contributed by atoms with E-state index in [-0.39, 0.29) is 102 Å². The summed E-state index contributed by atoms with van der Waals surface area (Å²) in [5.74, 6) is -16.0. The molecular weight excluding hydrogens is 1500 g/mol. The Morgan fingerprint density at radius 2 is 0.810 bits per heavy atom. The number of para-hydroxylation sites is 1. The lowest BCUT2D eigenvalue weighted by atomic mass is 9.96. The van der Waals surface area contributed by atoms with Gasteiger partial charge in [-0.3, -0.25) is 67.7 Å². The van der Waals surface area contributed by atoms with Crippen molar-refractivity contribution >= 4 is 99.7 Å². The Kier molecular flexibility index (Phi) is 40.0. The van der Waals surface area contributed by atoms with E-state index in [4.69, 9.17) is 34.1 Å². The second kappa shape index (κ2) is 49.0. The molecule has 0 unspecified atom stereocenters. The van der Waals surface area contributed by atoms with Gasteiger partial charge in [0.1, 0.15) is 66.5 Å². The molecule has 14 atom stereocenters. The SMILES string of the molecule is CC[C@H](C)[C@H](NC(=O)[C@H](CC(=O)O)NC(=O)[C@H](Cc1c[nH]c2ccccc12)NC(=O)[C@H](Cc1ccccc1)NC(=O)[C@H](CCCCN)NC(=O)[C@H](CC(C)C)NC(=O)[C@@H](NC(=O)[C@H](Cc1ccccc1)NC(=O)[C@@H](N)CC(N)=O)[C@@H](C)O)C(=O)N[C@@H](Cc1ccccc1)C(=O)N[C@@H](CCCNC(=N)N)C(=O)N[C@@H](CCCCN)C(=O)O. The summed E-state index contributed by atoms with van der Waals surface area (Å²) in [5, 5.41) is 71.0. The number of nitrogens with two attached hydrogens (primary N) is 5. The van der Waals surface area contributed by atoms with Crippen LogP contribution in [0.1, 0.15) is 134 Å². The number of amides is 12. The number of aliphatic hydroxyl groups excluding tert-OH is 1. The molecule has 5 aromatic rings. The summed E-state index contributed by atoms with van der Waals surface area (Å²) in [6.45, 7) is 8.49. The summed E-state index contributed by atoms with van der Waals surface area (Å²) in [6.07, 6.45) is -1.06. The fourth-order valence-electron chi connectivity index (χ4n) is 12.7. The van der Waals surface area contributed by atoms with Gasteiger partial charge in [0.2, 0.25) is 70.9 Å². The van der Waals surface area contributed by atoms with Crippen molar-refractivity contribution in [2.75, 3.05) is 19.6 Å². The van der Waals surface area contributed by atoms with Crippen LogP contribution in [0.3, 0.4) is 0 Å². The van der Waals surface area contributed by atoms with Crippen molar-refractivity contribution in [1.29, 1.82) is 5.41 Å². The Balaban J connectivity index is 1.47. The minimum absolute atomic E-state index is 0.0171. The zero-order valence-corrected chi connectivity index (χ0v) is 66.1. The number of nitrogens with one attached hydrogen (secondary N) is 14. The van der Waals surface area contributed by atoms with E-state index >= 15 is 14.4 Å². The summed E-state index contributed by atoms with van der Waals surface area (Å²) in [5.41, 5.74) is 30.9. The summed E-state index contributed by atoms with van der Waals surface area (Å²) in [6, 6.07) is 13.6. The van der Waals surface area contributed by atoms with Gasteiger partial charge in [0.15, 0.2) is 5.96 Å². The first-order valence-electron chi connectivity index (χ1n) is 38.9. The highest BCUT2D eigenvalue weighted by Gasteiger charge is 2.40. The van der Waals surface area contributed by atoms with Crippen molar-refractivity contribution in [3.8, 4) is 0 Å². The van der Waals surface area contributed by atoms with Crippen molar-refractivity contribution in [2.45, 2.75) is 216 Å². The average molecular weight is 1610 g/mol. The Labute approximate surface area is 673 Å². The molecule has 0 fully saturated rings. The van der Waals surface area contributed by atoms with E-state index in [0.717, 1.165) is 0 Å². The van der Waals surface area contributed by atoms with E-state index in [1.807, 2.05) is 0 Å². The first-order chi connectivity index (χ1) is 55.2. The number of carbonyl (C=O) groups is 14. The van der Waals surface area contributed by atoms with Crippen LogP contribution in [0.25, 0.3) is 10.9 Å². The lowest BCUT2D eigenvalue weighted by molar-refractivity contribution is -0.143. The smallest absolute Gasteiger partial charge is 0.326 e. The molecule has 36 nitrogen and oxygen atoms in total. The van der Waals surface area contributed by atoms with E-state index in [9.17, 15) is 68.1 Å². The molecule has 4 aromatic carbocycles. The van der Waals surface area contributed by atoms with E-state index < -0.39 is 180 Å². The molecule has 0 radical (unpaired) electrons. The van der Waals surface area contributed by atoms with Crippen LogP contribution in [0.5, 0.6) is 0 Å². The maximum atomic E-state index is 15.3. The molecule has 0 aliphatic rings. The number of carboxylic acids is 2. The van der Waals surface area contributed by atoms with Gasteiger partial charge in [0, 0.05) is 49.3 Å². The minimum Gasteiger partial charge on any atom is -0.481 e. The van der Waals surface area contributed by atoms with Crippen molar-refractivity contribution in [2.24, 2.45) is 40.5 Å². The van der Waals surface area contributed by atoms with E-state index in [0.29, 0.717) is 52.4 Å². The fraction of sp³-hybridized carbons (Fsp3) is 0.487. The maximum absolute atomic E-state index is 15.3.